The molecular weight excluding hydrogens is 490 g/mol. The Labute approximate surface area is 200 Å². The average Bonchev–Trinajstić information content (AvgIpc) is 3.25. The highest BCUT2D eigenvalue weighted by Crippen LogP contribution is 2.28. The number of hydrogen-bond acceptors (Lipinski definition) is 5. The van der Waals surface area contributed by atoms with E-state index < -0.39 is 12.1 Å². The standard InChI is InChI=1S/C23H26BrN5O2S/c1-4-14(3)19(26-22(31)25-18-11-6-8-15(5-2)12-18)20(30)27-23-29-28-21(32-23)16-9-7-10-17(24)13-16/h6-14,19H,4-5H2,1-3H3,(H2,25,26,31)(H,27,29,30)/t14-,19-/m1/s1. The summed E-state index contributed by atoms with van der Waals surface area (Å²) in [5, 5.41) is 17.8. The summed E-state index contributed by atoms with van der Waals surface area (Å²) in [7, 11) is 0. The molecule has 9 heteroatoms. The Bertz CT molecular complexity index is 1090. The number of amides is 3. The molecule has 32 heavy (non-hydrogen) atoms. The quantitative estimate of drug-likeness (QED) is 0.358. The zero-order chi connectivity index (χ0) is 23.1. The van der Waals surface area contributed by atoms with Crippen LogP contribution in [0.5, 0.6) is 0 Å². The molecular formula is C23H26BrN5O2S. The first-order chi connectivity index (χ1) is 15.4. The molecule has 3 rings (SSSR count). The monoisotopic (exact) mass is 515 g/mol. The summed E-state index contributed by atoms with van der Waals surface area (Å²) in [5.74, 6) is -0.394. The van der Waals surface area contributed by atoms with Crippen molar-refractivity contribution in [2.75, 3.05) is 10.6 Å². The summed E-state index contributed by atoms with van der Waals surface area (Å²) in [4.78, 5) is 25.6. The van der Waals surface area contributed by atoms with Gasteiger partial charge >= 0.3 is 6.03 Å². The van der Waals surface area contributed by atoms with Crippen LogP contribution >= 0.6 is 27.3 Å². The lowest BCUT2D eigenvalue weighted by Crippen LogP contribution is -2.49. The maximum absolute atomic E-state index is 13.0. The van der Waals surface area contributed by atoms with E-state index in [1.807, 2.05) is 62.4 Å². The third-order valence-corrected chi connectivity index (χ3v) is 6.48. The van der Waals surface area contributed by atoms with Gasteiger partial charge in [0.15, 0.2) is 0 Å². The fourth-order valence-electron chi connectivity index (χ4n) is 3.07. The molecule has 0 aliphatic rings. The van der Waals surface area contributed by atoms with Crippen LogP contribution in [0.15, 0.2) is 53.0 Å². The summed E-state index contributed by atoms with van der Waals surface area (Å²) in [6.07, 6.45) is 1.60. The Balaban J connectivity index is 1.67. The van der Waals surface area contributed by atoms with Crippen LogP contribution in [0.3, 0.4) is 0 Å². The molecule has 0 saturated heterocycles. The lowest BCUT2D eigenvalue weighted by molar-refractivity contribution is -0.119. The van der Waals surface area contributed by atoms with Gasteiger partial charge in [0.05, 0.1) is 0 Å². The molecule has 3 amide bonds. The number of aryl methyl sites for hydroxylation is 1. The molecule has 7 nitrogen and oxygen atoms in total. The number of nitrogens with one attached hydrogen (secondary N) is 3. The van der Waals surface area contributed by atoms with Crippen LogP contribution in [0.2, 0.25) is 0 Å². The van der Waals surface area contributed by atoms with Crippen LogP contribution in [0, 0.1) is 5.92 Å². The van der Waals surface area contributed by atoms with Gasteiger partial charge in [-0.2, -0.15) is 0 Å². The van der Waals surface area contributed by atoms with Gasteiger partial charge in [-0.25, -0.2) is 4.79 Å². The van der Waals surface area contributed by atoms with Crippen molar-refractivity contribution in [3.8, 4) is 10.6 Å². The third-order valence-electron chi connectivity index (χ3n) is 5.10. The minimum atomic E-state index is -0.715. The molecule has 1 aromatic heterocycles. The number of aromatic nitrogens is 2. The van der Waals surface area contributed by atoms with Crippen LogP contribution < -0.4 is 16.0 Å². The molecule has 0 bridgehead atoms. The molecule has 3 N–H and O–H groups in total. The van der Waals surface area contributed by atoms with Crippen molar-refractivity contribution in [2.24, 2.45) is 5.92 Å². The average molecular weight is 516 g/mol. The van der Waals surface area contributed by atoms with E-state index in [1.54, 1.807) is 0 Å². The van der Waals surface area contributed by atoms with E-state index in [4.69, 9.17) is 0 Å². The van der Waals surface area contributed by atoms with Gasteiger partial charge in [0, 0.05) is 15.7 Å². The number of nitrogens with zero attached hydrogens (tertiary/aromatic N) is 2. The predicted molar refractivity (Wildman–Crippen MR) is 133 cm³/mol. The first-order valence-electron chi connectivity index (χ1n) is 10.5. The van der Waals surface area contributed by atoms with Crippen LogP contribution in [0.4, 0.5) is 15.6 Å². The zero-order valence-electron chi connectivity index (χ0n) is 18.2. The molecule has 2 aromatic carbocycles. The molecule has 0 saturated carbocycles. The molecule has 0 aliphatic heterocycles. The summed E-state index contributed by atoms with van der Waals surface area (Å²) in [6.45, 7) is 5.96. The van der Waals surface area contributed by atoms with Gasteiger partial charge in [-0.3, -0.25) is 10.1 Å². The Morgan fingerprint density at radius 3 is 2.56 bits per heavy atom. The van der Waals surface area contributed by atoms with Crippen LogP contribution in [0.25, 0.3) is 10.6 Å². The lowest BCUT2D eigenvalue weighted by Gasteiger charge is -2.23. The molecule has 168 valence electrons. The summed E-state index contributed by atoms with van der Waals surface area (Å²) < 4.78 is 0.937. The van der Waals surface area contributed by atoms with Crippen molar-refractivity contribution in [1.82, 2.24) is 15.5 Å². The summed E-state index contributed by atoms with van der Waals surface area (Å²) in [6, 6.07) is 14.2. The van der Waals surface area contributed by atoms with E-state index in [1.165, 1.54) is 11.3 Å². The van der Waals surface area contributed by atoms with Gasteiger partial charge in [-0.15, -0.1) is 10.2 Å². The summed E-state index contributed by atoms with van der Waals surface area (Å²) >= 11 is 4.73. The summed E-state index contributed by atoms with van der Waals surface area (Å²) in [5.41, 5.74) is 2.71. The predicted octanol–water partition coefficient (Wildman–Crippen LogP) is 5.70. The molecule has 0 radical (unpaired) electrons. The van der Waals surface area contributed by atoms with Crippen molar-refractivity contribution >= 4 is 50.0 Å². The van der Waals surface area contributed by atoms with Crippen molar-refractivity contribution in [2.45, 2.75) is 39.7 Å². The minimum absolute atomic E-state index is 0.0693. The Kier molecular flexibility index (Phi) is 8.35. The fourth-order valence-corrected chi connectivity index (χ4v) is 4.22. The molecule has 0 spiro atoms. The normalized spacial score (nSPS) is 12.6. The first kappa shape index (κ1) is 23.9. The molecule has 0 fully saturated rings. The maximum Gasteiger partial charge on any atom is 0.319 e. The second-order valence-corrected chi connectivity index (χ2v) is 9.32. The molecule has 0 aliphatic carbocycles. The SMILES string of the molecule is CCc1cccc(NC(=O)N[C@@H](C(=O)Nc2nnc(-c3cccc(Br)c3)s2)[C@H](C)CC)c1. The first-order valence-corrected chi connectivity index (χ1v) is 12.1. The number of hydrogen-bond donors (Lipinski definition) is 3. The third kappa shape index (κ3) is 6.37. The van der Waals surface area contributed by atoms with Crippen molar-refractivity contribution in [3.05, 3.63) is 58.6 Å². The van der Waals surface area contributed by atoms with Gasteiger partial charge in [0.25, 0.3) is 0 Å². The largest absolute Gasteiger partial charge is 0.326 e. The highest BCUT2D eigenvalue weighted by molar-refractivity contribution is 9.10. The Hall–Kier alpha value is -2.78. The zero-order valence-corrected chi connectivity index (χ0v) is 20.6. The maximum atomic E-state index is 13.0. The number of halogens is 1. The Morgan fingerprint density at radius 1 is 1.06 bits per heavy atom. The van der Waals surface area contributed by atoms with Gasteiger partial charge in [-0.05, 0) is 42.2 Å². The van der Waals surface area contributed by atoms with E-state index >= 15 is 0 Å². The van der Waals surface area contributed by atoms with Gasteiger partial charge in [0.1, 0.15) is 11.0 Å². The van der Waals surface area contributed by atoms with Gasteiger partial charge in [0.2, 0.25) is 11.0 Å². The highest BCUT2D eigenvalue weighted by Gasteiger charge is 2.27. The highest BCUT2D eigenvalue weighted by atomic mass is 79.9. The molecule has 3 aromatic rings. The van der Waals surface area contributed by atoms with E-state index in [9.17, 15) is 9.59 Å². The number of urea groups is 1. The number of carbonyl (C=O) groups is 2. The second kappa shape index (κ2) is 11.2. The lowest BCUT2D eigenvalue weighted by atomic mass is 9.98. The van der Waals surface area contributed by atoms with Crippen LogP contribution in [-0.4, -0.2) is 28.2 Å². The van der Waals surface area contributed by atoms with Crippen LogP contribution in [-0.2, 0) is 11.2 Å². The number of anilines is 2. The number of benzene rings is 2. The smallest absolute Gasteiger partial charge is 0.319 e. The molecule has 2 atom stereocenters. The van der Waals surface area contributed by atoms with Crippen molar-refractivity contribution in [3.63, 3.8) is 0 Å². The van der Waals surface area contributed by atoms with E-state index in [0.29, 0.717) is 15.8 Å². The van der Waals surface area contributed by atoms with E-state index in [2.05, 4.69) is 49.0 Å². The van der Waals surface area contributed by atoms with Crippen molar-refractivity contribution < 1.29 is 9.59 Å². The topological polar surface area (TPSA) is 96.0 Å². The van der Waals surface area contributed by atoms with Crippen LogP contribution in [0.1, 0.15) is 32.8 Å². The van der Waals surface area contributed by atoms with Crippen molar-refractivity contribution in [1.29, 1.82) is 0 Å². The Morgan fingerprint density at radius 2 is 1.84 bits per heavy atom. The van der Waals surface area contributed by atoms with E-state index in [-0.39, 0.29) is 11.8 Å². The van der Waals surface area contributed by atoms with E-state index in [0.717, 1.165) is 28.4 Å². The fraction of sp³-hybridized carbons (Fsp3) is 0.304. The molecule has 0 unspecified atom stereocenters. The molecule has 1 heterocycles. The number of carbonyl (C=O) groups excluding carboxylic acids is 2. The van der Waals surface area contributed by atoms with Gasteiger partial charge < -0.3 is 10.6 Å². The minimum Gasteiger partial charge on any atom is -0.326 e. The number of rotatable bonds is 8. The second-order valence-electron chi connectivity index (χ2n) is 7.43. The van der Waals surface area contributed by atoms with Gasteiger partial charge in [-0.1, -0.05) is 78.7 Å².